The van der Waals surface area contributed by atoms with E-state index in [1.807, 2.05) is 37.3 Å². The van der Waals surface area contributed by atoms with Gasteiger partial charge in [-0.1, -0.05) is 0 Å². The van der Waals surface area contributed by atoms with Crippen molar-refractivity contribution >= 4 is 27.4 Å². The first kappa shape index (κ1) is 22.6. The van der Waals surface area contributed by atoms with Crippen LogP contribution in [0.3, 0.4) is 0 Å². The predicted molar refractivity (Wildman–Crippen MR) is 98.3 cm³/mol. The summed E-state index contributed by atoms with van der Waals surface area (Å²) in [6.45, 7) is 1.90. The lowest BCUT2D eigenvalue weighted by atomic mass is 10.1. The van der Waals surface area contributed by atoms with Gasteiger partial charge in [0.15, 0.2) is 0 Å². The van der Waals surface area contributed by atoms with Gasteiger partial charge in [-0.05, 0) is 65.8 Å². The molecule has 0 spiro atoms. The number of phenols is 1. The van der Waals surface area contributed by atoms with E-state index in [1.54, 1.807) is 25.3 Å². The first-order valence-electron chi connectivity index (χ1n) is 8.55. The fourth-order valence-corrected chi connectivity index (χ4v) is 3.24. The van der Waals surface area contributed by atoms with Crippen LogP contribution < -0.4 is 33.7 Å². The lowest BCUT2D eigenvalue weighted by molar-refractivity contribution is -2.00. The van der Waals surface area contributed by atoms with Crippen molar-refractivity contribution in [1.82, 2.24) is 10.2 Å². The second kappa shape index (κ2) is 9.39. The number of methoxy groups -OCH3 is 1. The second-order valence-corrected chi connectivity index (χ2v) is 8.00. The minimum Gasteiger partial charge on any atom is -0.508 e. The van der Waals surface area contributed by atoms with Crippen molar-refractivity contribution in [2.75, 3.05) is 7.11 Å². The molecule has 162 valence electrons. The van der Waals surface area contributed by atoms with E-state index >= 15 is 0 Å². The van der Waals surface area contributed by atoms with Crippen molar-refractivity contribution in [3.8, 4) is 22.8 Å². The number of aryl methyl sites for hydroxylation is 1. The molecular weight excluding hydrogens is 450 g/mol. The van der Waals surface area contributed by atoms with E-state index in [9.17, 15) is 5.11 Å². The number of aromatic hydroxyl groups is 1. The SMILES string of the molecule is COc1ccc(-c2c/c(=[NH+]\c3nnc(C)s3)c3cc(O)ccc3o2)cc1.[O-][Cl+3]([O-])([O-])[O-]. The number of benzene rings is 2. The number of hydrogen-bond donors (Lipinski definition) is 2. The summed E-state index contributed by atoms with van der Waals surface area (Å²) in [6.07, 6.45) is 0. The highest BCUT2D eigenvalue weighted by Crippen LogP contribution is 2.25. The van der Waals surface area contributed by atoms with E-state index in [0.717, 1.165) is 27.1 Å². The molecule has 2 aromatic carbocycles. The number of nitrogens with one attached hydrogen (secondary N) is 1. The Morgan fingerprint density at radius 2 is 1.71 bits per heavy atom. The van der Waals surface area contributed by atoms with E-state index in [2.05, 4.69) is 15.2 Å². The third-order valence-corrected chi connectivity index (χ3v) is 4.64. The van der Waals surface area contributed by atoms with Gasteiger partial charge in [0, 0.05) is 11.6 Å². The van der Waals surface area contributed by atoms with Gasteiger partial charge in [0.2, 0.25) is 0 Å². The Morgan fingerprint density at radius 3 is 2.29 bits per heavy atom. The van der Waals surface area contributed by atoms with Crippen LogP contribution in [0.2, 0.25) is 0 Å². The minimum atomic E-state index is -4.94. The van der Waals surface area contributed by atoms with Gasteiger partial charge in [0.1, 0.15) is 33.2 Å². The highest BCUT2D eigenvalue weighted by molar-refractivity contribution is 7.14. The number of fused-ring (bicyclic) bond motifs is 1. The molecule has 0 aliphatic rings. The predicted octanol–water partition coefficient (Wildman–Crippen LogP) is -2.47. The summed E-state index contributed by atoms with van der Waals surface area (Å²) >= 11 is 1.46. The number of rotatable bonds is 3. The average molecular weight is 466 g/mol. The van der Waals surface area contributed by atoms with Crippen molar-refractivity contribution < 1.29 is 48.1 Å². The zero-order valence-electron chi connectivity index (χ0n) is 16.2. The maximum atomic E-state index is 9.86. The number of phenolic OH excluding ortho intramolecular Hbond substituents is 1. The Balaban J connectivity index is 0.000000491. The highest BCUT2D eigenvalue weighted by Gasteiger charge is 2.11. The molecular formula is C19H16ClN3O7S. The van der Waals surface area contributed by atoms with Crippen molar-refractivity contribution in [3.05, 3.63) is 58.9 Å². The lowest BCUT2D eigenvalue weighted by Crippen LogP contribution is -2.70. The average Bonchev–Trinajstić information content (AvgIpc) is 3.11. The van der Waals surface area contributed by atoms with E-state index in [0.29, 0.717) is 16.5 Å². The van der Waals surface area contributed by atoms with Gasteiger partial charge in [-0.25, -0.2) is 23.6 Å². The van der Waals surface area contributed by atoms with Gasteiger partial charge >= 0.3 is 5.13 Å². The van der Waals surface area contributed by atoms with E-state index in [4.69, 9.17) is 27.8 Å². The Labute approximate surface area is 181 Å². The Kier molecular flexibility index (Phi) is 6.85. The van der Waals surface area contributed by atoms with E-state index < -0.39 is 10.2 Å². The number of aromatic nitrogens is 2. The molecule has 0 saturated carbocycles. The molecule has 0 atom stereocenters. The zero-order valence-corrected chi connectivity index (χ0v) is 17.8. The van der Waals surface area contributed by atoms with Crippen LogP contribution in [0, 0.1) is 17.2 Å². The van der Waals surface area contributed by atoms with Crippen molar-refractivity contribution in [3.63, 3.8) is 0 Å². The van der Waals surface area contributed by atoms with Crippen LogP contribution in [-0.2, 0) is 0 Å². The molecule has 0 amide bonds. The molecule has 0 bridgehead atoms. The zero-order chi connectivity index (χ0) is 22.6. The molecule has 2 heterocycles. The van der Waals surface area contributed by atoms with Gasteiger partial charge in [-0.15, -0.1) is 10.2 Å². The first-order valence-corrected chi connectivity index (χ1v) is 10.6. The molecule has 0 saturated heterocycles. The molecule has 0 aliphatic carbocycles. The molecule has 31 heavy (non-hydrogen) atoms. The summed E-state index contributed by atoms with van der Waals surface area (Å²) in [4.78, 5) is 3.28. The van der Waals surface area contributed by atoms with Crippen molar-refractivity contribution in [1.29, 1.82) is 0 Å². The summed E-state index contributed by atoms with van der Waals surface area (Å²) in [5.74, 6) is 1.64. The van der Waals surface area contributed by atoms with Gasteiger partial charge in [-0.2, -0.15) is 0 Å². The third kappa shape index (κ3) is 6.46. The lowest BCUT2D eigenvalue weighted by Gasteiger charge is -2.17. The van der Waals surface area contributed by atoms with Crippen LogP contribution in [0.15, 0.2) is 52.9 Å². The summed E-state index contributed by atoms with van der Waals surface area (Å²) in [6, 6.07) is 14.5. The molecule has 0 unspecified atom stereocenters. The number of ether oxygens (including phenoxy) is 1. The number of hydrogen-bond acceptors (Lipinski definition) is 10. The monoisotopic (exact) mass is 465 g/mol. The van der Waals surface area contributed by atoms with E-state index in [1.165, 1.54) is 11.3 Å². The molecule has 4 aromatic rings. The standard InChI is InChI=1S/C19H15N3O3S.ClHO4/c1-11-21-22-19(26-11)20-16-10-18(12-3-6-14(24-2)7-4-12)25-17-8-5-13(23)9-15(16)17;2-1(3,4)5/h3-10,23H,1-2H3;(H,2,3,4,5)/b20-16+;. The summed E-state index contributed by atoms with van der Waals surface area (Å²) in [5.41, 5.74) is 1.57. The minimum absolute atomic E-state index is 0.168. The molecule has 0 fully saturated rings. The van der Waals surface area contributed by atoms with Crippen LogP contribution in [0.25, 0.3) is 22.3 Å². The molecule has 4 rings (SSSR count). The molecule has 12 heteroatoms. The van der Waals surface area contributed by atoms with Crippen LogP contribution in [0.5, 0.6) is 11.5 Å². The Morgan fingerprint density at radius 1 is 1.03 bits per heavy atom. The van der Waals surface area contributed by atoms with Crippen LogP contribution in [-0.4, -0.2) is 22.4 Å². The van der Waals surface area contributed by atoms with Crippen molar-refractivity contribution in [2.45, 2.75) is 6.92 Å². The molecule has 10 nitrogen and oxygen atoms in total. The van der Waals surface area contributed by atoms with Crippen LogP contribution in [0.1, 0.15) is 5.01 Å². The molecule has 0 aliphatic heterocycles. The maximum Gasteiger partial charge on any atom is 0.408 e. The smallest absolute Gasteiger partial charge is 0.408 e. The maximum absolute atomic E-state index is 9.86. The number of halogens is 1. The number of nitrogens with zero attached hydrogens (tertiary/aromatic N) is 2. The van der Waals surface area contributed by atoms with Gasteiger partial charge in [-0.3, -0.25) is 0 Å². The van der Waals surface area contributed by atoms with Crippen molar-refractivity contribution in [2.24, 2.45) is 0 Å². The normalized spacial score (nSPS) is 11.9. The molecule has 0 radical (unpaired) electrons. The largest absolute Gasteiger partial charge is 0.508 e. The third-order valence-electron chi connectivity index (χ3n) is 3.89. The van der Waals surface area contributed by atoms with Gasteiger partial charge in [0.25, 0.3) is 0 Å². The summed E-state index contributed by atoms with van der Waals surface area (Å²) < 4.78 is 45.2. The quantitative estimate of drug-likeness (QED) is 0.332. The fourth-order valence-electron chi connectivity index (χ4n) is 2.64. The summed E-state index contributed by atoms with van der Waals surface area (Å²) in [7, 11) is -3.31. The fraction of sp³-hybridized carbons (Fsp3) is 0.105. The Hall–Kier alpha value is -3.06. The molecule has 2 N–H and O–H groups in total. The Bertz CT molecular complexity index is 1240. The van der Waals surface area contributed by atoms with Crippen LogP contribution in [0.4, 0.5) is 5.13 Å². The molecule has 2 aromatic heterocycles. The summed E-state index contributed by atoms with van der Waals surface area (Å²) in [5, 5.41) is 21.1. The van der Waals surface area contributed by atoms with E-state index in [-0.39, 0.29) is 5.75 Å². The topological polar surface area (TPSA) is 175 Å². The van der Waals surface area contributed by atoms with Gasteiger partial charge < -0.3 is 14.3 Å². The van der Waals surface area contributed by atoms with Crippen LogP contribution >= 0.6 is 11.3 Å². The highest BCUT2D eigenvalue weighted by atomic mass is 35.7. The second-order valence-electron chi connectivity index (χ2n) is 6.06. The van der Waals surface area contributed by atoms with Gasteiger partial charge in [0.05, 0.1) is 17.6 Å². The first-order chi connectivity index (χ1) is 14.6.